The number of alkyl halides is 1. The standard InChI is InChI=1S/C29H30Cl2N6O2/c1-37(2)17-5-16-32-27-22-6-3-4-7-24(22)34-28(36-27)23-13-10-20(31)18-25(23)35-29(39)19-8-11-21(12-9-19)33-26(38)14-15-30/h3-4,6-13,18H,5,14-17H2,1-2H3,(H,33,38)(H,35,39)(H,32,34,36). The van der Waals surface area contributed by atoms with Crippen molar-refractivity contribution in [3.8, 4) is 11.4 Å². The number of anilines is 3. The van der Waals surface area contributed by atoms with Crippen molar-refractivity contribution < 1.29 is 9.59 Å². The molecule has 0 aliphatic carbocycles. The van der Waals surface area contributed by atoms with Crippen molar-refractivity contribution >= 4 is 63.1 Å². The van der Waals surface area contributed by atoms with Gasteiger partial charge < -0.3 is 20.9 Å². The van der Waals surface area contributed by atoms with Crippen LogP contribution in [0.15, 0.2) is 66.7 Å². The molecule has 4 aromatic rings. The highest BCUT2D eigenvalue weighted by atomic mass is 35.5. The SMILES string of the molecule is CN(C)CCCNc1nc(-c2ccc(Cl)cc2NC(=O)c2ccc(NC(=O)CCCl)cc2)nc2ccccc12. The molecule has 0 unspecified atom stereocenters. The molecule has 0 bridgehead atoms. The molecular weight excluding hydrogens is 535 g/mol. The number of fused-ring (bicyclic) bond motifs is 1. The van der Waals surface area contributed by atoms with E-state index < -0.39 is 0 Å². The number of rotatable bonds is 11. The minimum atomic E-state index is -0.333. The fraction of sp³-hybridized carbons (Fsp3) is 0.241. The number of nitrogens with one attached hydrogen (secondary N) is 3. The highest BCUT2D eigenvalue weighted by molar-refractivity contribution is 6.31. The third-order valence-electron chi connectivity index (χ3n) is 5.90. The average Bonchev–Trinajstić information content (AvgIpc) is 2.91. The maximum Gasteiger partial charge on any atom is 0.255 e. The van der Waals surface area contributed by atoms with Crippen LogP contribution < -0.4 is 16.0 Å². The molecule has 202 valence electrons. The minimum absolute atomic E-state index is 0.187. The molecule has 0 fully saturated rings. The summed E-state index contributed by atoms with van der Waals surface area (Å²) in [6.07, 6.45) is 1.17. The topological polar surface area (TPSA) is 99.2 Å². The van der Waals surface area contributed by atoms with E-state index in [1.165, 1.54) is 0 Å². The third-order valence-corrected chi connectivity index (χ3v) is 6.32. The van der Waals surface area contributed by atoms with Crippen LogP contribution >= 0.6 is 23.2 Å². The first-order valence-corrected chi connectivity index (χ1v) is 13.5. The monoisotopic (exact) mass is 564 g/mol. The van der Waals surface area contributed by atoms with Gasteiger partial charge in [0, 0.05) is 46.1 Å². The molecule has 1 heterocycles. The highest BCUT2D eigenvalue weighted by Crippen LogP contribution is 2.32. The first kappa shape index (κ1) is 28.3. The molecule has 0 spiro atoms. The minimum Gasteiger partial charge on any atom is -0.369 e. The van der Waals surface area contributed by atoms with Gasteiger partial charge in [-0.15, -0.1) is 11.6 Å². The van der Waals surface area contributed by atoms with Gasteiger partial charge in [-0.2, -0.15) is 0 Å². The zero-order chi connectivity index (χ0) is 27.8. The molecule has 0 atom stereocenters. The van der Waals surface area contributed by atoms with Gasteiger partial charge in [0.25, 0.3) is 5.91 Å². The highest BCUT2D eigenvalue weighted by Gasteiger charge is 2.16. The Morgan fingerprint density at radius 3 is 2.46 bits per heavy atom. The van der Waals surface area contributed by atoms with Crippen molar-refractivity contribution in [1.82, 2.24) is 14.9 Å². The van der Waals surface area contributed by atoms with E-state index in [2.05, 4.69) is 20.9 Å². The van der Waals surface area contributed by atoms with Crippen LogP contribution in [0.3, 0.4) is 0 Å². The van der Waals surface area contributed by atoms with Crippen LogP contribution in [0.1, 0.15) is 23.2 Å². The molecule has 8 nitrogen and oxygen atoms in total. The first-order chi connectivity index (χ1) is 18.8. The number of nitrogens with zero attached hydrogens (tertiary/aromatic N) is 3. The van der Waals surface area contributed by atoms with Gasteiger partial charge in [-0.25, -0.2) is 9.97 Å². The maximum atomic E-state index is 13.1. The number of halogens is 2. The van der Waals surface area contributed by atoms with Gasteiger partial charge >= 0.3 is 0 Å². The molecule has 4 rings (SSSR count). The van der Waals surface area contributed by atoms with Crippen LogP contribution in [0, 0.1) is 0 Å². The average molecular weight is 566 g/mol. The van der Waals surface area contributed by atoms with Crippen LogP contribution in [-0.4, -0.2) is 59.7 Å². The van der Waals surface area contributed by atoms with E-state index >= 15 is 0 Å². The van der Waals surface area contributed by atoms with E-state index in [9.17, 15) is 9.59 Å². The summed E-state index contributed by atoms with van der Waals surface area (Å²) in [4.78, 5) is 36.7. The van der Waals surface area contributed by atoms with Crippen molar-refractivity contribution in [1.29, 1.82) is 0 Å². The molecule has 1 aromatic heterocycles. The summed E-state index contributed by atoms with van der Waals surface area (Å²) in [5.74, 6) is 0.914. The predicted molar refractivity (Wildman–Crippen MR) is 160 cm³/mol. The number of hydrogen-bond donors (Lipinski definition) is 3. The van der Waals surface area contributed by atoms with Crippen LogP contribution in [-0.2, 0) is 4.79 Å². The lowest BCUT2D eigenvalue weighted by atomic mass is 10.1. The van der Waals surface area contributed by atoms with Gasteiger partial charge in [0.15, 0.2) is 5.82 Å². The molecule has 10 heteroatoms. The lowest BCUT2D eigenvalue weighted by Crippen LogP contribution is -2.17. The van der Waals surface area contributed by atoms with Crippen molar-refractivity contribution in [2.45, 2.75) is 12.8 Å². The second-order valence-electron chi connectivity index (χ2n) is 9.21. The summed E-state index contributed by atoms with van der Waals surface area (Å²) >= 11 is 11.9. The largest absolute Gasteiger partial charge is 0.369 e. The number of para-hydroxylation sites is 1. The van der Waals surface area contributed by atoms with Crippen molar-refractivity contribution in [3.05, 3.63) is 77.3 Å². The quantitative estimate of drug-likeness (QED) is 0.149. The number of amides is 2. The Kier molecular flexibility index (Phi) is 9.70. The predicted octanol–water partition coefficient (Wildman–Crippen LogP) is 6.13. The number of aromatic nitrogens is 2. The molecule has 39 heavy (non-hydrogen) atoms. The van der Waals surface area contributed by atoms with Gasteiger partial charge in [0.1, 0.15) is 5.82 Å². The summed E-state index contributed by atoms with van der Waals surface area (Å²) in [5.41, 5.74) is 2.91. The van der Waals surface area contributed by atoms with Crippen LogP contribution in [0.5, 0.6) is 0 Å². The normalized spacial score (nSPS) is 11.0. The summed E-state index contributed by atoms with van der Waals surface area (Å²) in [7, 11) is 4.09. The Hall–Kier alpha value is -3.72. The van der Waals surface area contributed by atoms with E-state index in [0.717, 1.165) is 36.2 Å². The summed E-state index contributed by atoms with van der Waals surface area (Å²) in [5, 5.41) is 10.5. The van der Waals surface area contributed by atoms with E-state index in [1.54, 1.807) is 42.5 Å². The summed E-state index contributed by atoms with van der Waals surface area (Å²) < 4.78 is 0. The van der Waals surface area contributed by atoms with Crippen LogP contribution in [0.25, 0.3) is 22.3 Å². The smallest absolute Gasteiger partial charge is 0.255 e. The molecule has 0 radical (unpaired) electrons. The Morgan fingerprint density at radius 2 is 1.72 bits per heavy atom. The second kappa shape index (κ2) is 13.4. The fourth-order valence-corrected chi connectivity index (χ4v) is 4.30. The Balaban J connectivity index is 1.60. The van der Waals surface area contributed by atoms with E-state index in [0.29, 0.717) is 33.3 Å². The van der Waals surface area contributed by atoms with E-state index in [1.807, 2.05) is 38.4 Å². The Bertz CT molecular complexity index is 1460. The maximum absolute atomic E-state index is 13.1. The zero-order valence-corrected chi connectivity index (χ0v) is 23.3. The Labute approximate surface area is 237 Å². The van der Waals surface area contributed by atoms with Crippen molar-refractivity contribution in [2.75, 3.05) is 49.0 Å². The summed E-state index contributed by atoms with van der Waals surface area (Å²) in [6.45, 7) is 1.71. The lowest BCUT2D eigenvalue weighted by molar-refractivity contribution is -0.115. The Morgan fingerprint density at radius 1 is 0.949 bits per heavy atom. The van der Waals surface area contributed by atoms with E-state index in [4.69, 9.17) is 33.2 Å². The first-order valence-electron chi connectivity index (χ1n) is 12.6. The van der Waals surface area contributed by atoms with Crippen molar-refractivity contribution in [3.63, 3.8) is 0 Å². The molecule has 0 aliphatic heterocycles. The van der Waals surface area contributed by atoms with Gasteiger partial charge in [-0.3, -0.25) is 9.59 Å². The van der Waals surface area contributed by atoms with Crippen LogP contribution in [0.4, 0.5) is 17.2 Å². The number of hydrogen-bond acceptors (Lipinski definition) is 6. The lowest BCUT2D eigenvalue weighted by Gasteiger charge is -2.15. The number of benzene rings is 3. The molecular formula is C29H30Cl2N6O2. The van der Waals surface area contributed by atoms with Gasteiger partial charge in [0.2, 0.25) is 5.91 Å². The molecule has 0 aliphatic rings. The second-order valence-corrected chi connectivity index (χ2v) is 10.0. The third kappa shape index (κ3) is 7.66. The fourth-order valence-electron chi connectivity index (χ4n) is 3.96. The number of carbonyl (C=O) groups excluding carboxylic acids is 2. The molecule has 0 saturated heterocycles. The summed E-state index contributed by atoms with van der Waals surface area (Å²) in [6, 6.07) is 19.6. The molecule has 3 N–H and O–H groups in total. The van der Waals surface area contributed by atoms with Crippen molar-refractivity contribution in [2.24, 2.45) is 0 Å². The van der Waals surface area contributed by atoms with Gasteiger partial charge in [0.05, 0.1) is 11.2 Å². The molecule has 2 amide bonds. The van der Waals surface area contributed by atoms with Gasteiger partial charge in [-0.05, 0) is 81.7 Å². The zero-order valence-electron chi connectivity index (χ0n) is 21.8. The molecule has 3 aromatic carbocycles. The van der Waals surface area contributed by atoms with Crippen LogP contribution in [0.2, 0.25) is 5.02 Å². The van der Waals surface area contributed by atoms with Gasteiger partial charge in [-0.1, -0.05) is 23.7 Å². The number of carbonyl (C=O) groups is 2. The molecule has 0 saturated carbocycles. The van der Waals surface area contributed by atoms with E-state index in [-0.39, 0.29) is 24.1 Å².